The molecule has 1 saturated heterocycles. The average molecular weight is 337 g/mol. The van der Waals surface area contributed by atoms with Gasteiger partial charge in [-0.25, -0.2) is 0 Å². The van der Waals surface area contributed by atoms with Crippen molar-refractivity contribution in [3.05, 3.63) is 52.1 Å². The molecule has 1 aliphatic heterocycles. The van der Waals surface area contributed by atoms with E-state index in [0.717, 1.165) is 11.4 Å². The fourth-order valence-corrected chi connectivity index (χ4v) is 4.90. The fourth-order valence-electron chi connectivity index (χ4n) is 4.90. The first-order valence-electron chi connectivity index (χ1n) is 8.41. The van der Waals surface area contributed by atoms with Crippen molar-refractivity contribution in [1.82, 2.24) is 5.01 Å². The first-order valence-corrected chi connectivity index (χ1v) is 8.41. The second-order valence-corrected chi connectivity index (χ2v) is 7.24. The lowest BCUT2D eigenvalue weighted by atomic mass is 9.63. The van der Waals surface area contributed by atoms with E-state index in [2.05, 4.69) is 17.3 Å². The van der Waals surface area contributed by atoms with Crippen molar-refractivity contribution in [2.75, 3.05) is 0 Å². The molecule has 0 N–H and O–H groups in total. The normalized spacial score (nSPS) is 37.5. The van der Waals surface area contributed by atoms with E-state index in [-0.39, 0.29) is 41.2 Å². The Hall–Kier alpha value is -2.83. The second kappa shape index (κ2) is 4.84. The van der Waals surface area contributed by atoms with Crippen LogP contribution in [0.5, 0.6) is 0 Å². The molecule has 2 saturated carbocycles. The minimum atomic E-state index is -0.492. The van der Waals surface area contributed by atoms with Crippen molar-refractivity contribution in [2.45, 2.75) is 6.42 Å². The van der Waals surface area contributed by atoms with Crippen molar-refractivity contribution in [1.29, 1.82) is 0 Å². The summed E-state index contributed by atoms with van der Waals surface area (Å²) < 4.78 is 0. The lowest BCUT2D eigenvalue weighted by molar-refractivity contribution is -0.384. The van der Waals surface area contributed by atoms with E-state index in [0.29, 0.717) is 17.4 Å². The van der Waals surface area contributed by atoms with Gasteiger partial charge in [-0.05, 0) is 30.1 Å². The summed E-state index contributed by atoms with van der Waals surface area (Å²) in [7, 11) is 0. The van der Waals surface area contributed by atoms with E-state index in [9.17, 15) is 19.7 Å². The SMILES string of the molecule is O=C1[C@H]2[C@@H]3C=C[C@H]([C@H]4C[C@H]34)[C@@H]2C(=O)N1/N=C/c1cccc([N+](=O)[O-])c1. The van der Waals surface area contributed by atoms with Gasteiger partial charge in [0.2, 0.25) is 0 Å². The van der Waals surface area contributed by atoms with Crippen LogP contribution in [0.25, 0.3) is 0 Å². The number of allylic oxidation sites excluding steroid dienone is 2. The molecule has 0 unspecified atom stereocenters. The number of amides is 2. The number of hydrogen-bond acceptors (Lipinski definition) is 5. The predicted molar refractivity (Wildman–Crippen MR) is 87.2 cm³/mol. The molecule has 0 aromatic heterocycles. The van der Waals surface area contributed by atoms with Crippen LogP contribution in [-0.4, -0.2) is 28.0 Å². The van der Waals surface area contributed by atoms with Crippen molar-refractivity contribution >= 4 is 23.7 Å². The third-order valence-corrected chi connectivity index (χ3v) is 6.04. The summed E-state index contributed by atoms with van der Waals surface area (Å²) >= 11 is 0. The largest absolute Gasteiger partial charge is 0.272 e. The number of non-ortho nitro benzene ring substituents is 1. The number of nitro benzene ring substituents is 1. The zero-order chi connectivity index (χ0) is 17.3. The molecule has 6 rings (SSSR count). The van der Waals surface area contributed by atoms with Gasteiger partial charge in [-0.2, -0.15) is 10.1 Å². The van der Waals surface area contributed by atoms with E-state index in [1.807, 2.05) is 0 Å². The van der Waals surface area contributed by atoms with Crippen LogP contribution < -0.4 is 0 Å². The minimum Gasteiger partial charge on any atom is -0.272 e. The van der Waals surface area contributed by atoms with Crippen LogP contribution >= 0.6 is 0 Å². The zero-order valence-electron chi connectivity index (χ0n) is 13.2. The van der Waals surface area contributed by atoms with Gasteiger partial charge in [0.15, 0.2) is 0 Å². The Labute approximate surface area is 143 Å². The van der Waals surface area contributed by atoms with Crippen LogP contribution in [0.1, 0.15) is 12.0 Å². The number of nitrogens with zero attached hydrogens (tertiary/aromatic N) is 3. The number of nitro groups is 1. The van der Waals surface area contributed by atoms with Crippen molar-refractivity contribution in [2.24, 2.45) is 40.6 Å². The van der Waals surface area contributed by atoms with Crippen LogP contribution in [-0.2, 0) is 9.59 Å². The Morgan fingerprint density at radius 1 is 1.12 bits per heavy atom. The van der Waals surface area contributed by atoms with E-state index in [4.69, 9.17) is 0 Å². The Bertz CT molecular complexity index is 841. The van der Waals surface area contributed by atoms with Gasteiger partial charge in [-0.3, -0.25) is 19.7 Å². The summed E-state index contributed by atoms with van der Waals surface area (Å²) in [6.07, 6.45) is 6.68. The van der Waals surface area contributed by atoms with Gasteiger partial charge in [0, 0.05) is 17.7 Å². The number of benzene rings is 1. The molecule has 2 amide bonds. The molecule has 2 bridgehead atoms. The maximum atomic E-state index is 12.7. The molecule has 0 spiro atoms. The van der Waals surface area contributed by atoms with Crippen LogP contribution in [0.3, 0.4) is 0 Å². The molecule has 1 aromatic rings. The molecule has 126 valence electrons. The van der Waals surface area contributed by atoms with Crippen LogP contribution in [0, 0.1) is 45.6 Å². The molecule has 4 aliphatic carbocycles. The second-order valence-electron chi connectivity index (χ2n) is 7.24. The lowest BCUT2D eigenvalue weighted by Gasteiger charge is -2.37. The molecule has 1 aromatic carbocycles. The number of hydrogen-bond donors (Lipinski definition) is 0. The highest BCUT2D eigenvalue weighted by atomic mass is 16.6. The first kappa shape index (κ1) is 14.5. The van der Waals surface area contributed by atoms with Crippen molar-refractivity contribution in [3.63, 3.8) is 0 Å². The van der Waals surface area contributed by atoms with Gasteiger partial charge >= 0.3 is 0 Å². The van der Waals surface area contributed by atoms with Gasteiger partial charge in [0.05, 0.1) is 23.0 Å². The molecule has 7 heteroatoms. The van der Waals surface area contributed by atoms with E-state index < -0.39 is 4.92 Å². The molecule has 6 atom stereocenters. The summed E-state index contributed by atoms with van der Waals surface area (Å²) in [5.41, 5.74) is 0.424. The third-order valence-electron chi connectivity index (χ3n) is 6.04. The predicted octanol–water partition coefficient (Wildman–Crippen LogP) is 1.98. The van der Waals surface area contributed by atoms with E-state index in [1.54, 1.807) is 12.1 Å². The summed E-state index contributed by atoms with van der Waals surface area (Å²) in [4.78, 5) is 35.8. The molecule has 7 nitrogen and oxygen atoms in total. The molecule has 0 radical (unpaired) electrons. The monoisotopic (exact) mass is 337 g/mol. The van der Waals surface area contributed by atoms with Crippen molar-refractivity contribution in [3.8, 4) is 0 Å². The van der Waals surface area contributed by atoms with Gasteiger partial charge < -0.3 is 0 Å². The van der Waals surface area contributed by atoms with E-state index >= 15 is 0 Å². The molecule has 25 heavy (non-hydrogen) atoms. The quantitative estimate of drug-likeness (QED) is 0.277. The van der Waals surface area contributed by atoms with Gasteiger partial charge in [-0.1, -0.05) is 24.3 Å². The summed E-state index contributed by atoms with van der Waals surface area (Å²) in [6, 6.07) is 5.94. The summed E-state index contributed by atoms with van der Waals surface area (Å²) in [5, 5.41) is 15.9. The standard InChI is InChI=1S/C18H15N3O4/c22-17-15-11-4-5-12(14-7-13(11)14)16(15)18(23)20(17)19-8-9-2-1-3-10(6-9)21(24)25/h1-6,8,11-16H,7H2/b19-8+/t11-,12-,13-,14-,15+,16+/m1/s1. The number of hydrazone groups is 1. The Morgan fingerprint density at radius 3 is 2.36 bits per heavy atom. The highest BCUT2D eigenvalue weighted by Gasteiger charge is 2.67. The number of carbonyl (C=O) groups excluding carboxylic acids is 2. The maximum absolute atomic E-state index is 12.7. The van der Waals surface area contributed by atoms with E-state index in [1.165, 1.54) is 18.3 Å². The average Bonchev–Trinajstić information content (AvgIpc) is 3.39. The van der Waals surface area contributed by atoms with Gasteiger partial charge in [-0.15, -0.1) is 0 Å². The van der Waals surface area contributed by atoms with Crippen LogP contribution in [0.15, 0.2) is 41.5 Å². The first-order chi connectivity index (χ1) is 12.1. The summed E-state index contributed by atoms with van der Waals surface area (Å²) in [5.74, 6) is 0.385. The Morgan fingerprint density at radius 2 is 1.76 bits per heavy atom. The minimum absolute atomic E-state index is 0.0565. The van der Waals surface area contributed by atoms with Crippen molar-refractivity contribution < 1.29 is 14.5 Å². The molecule has 5 aliphatic rings. The highest BCUT2D eigenvalue weighted by molar-refractivity contribution is 6.06. The smallest absolute Gasteiger partial charge is 0.270 e. The lowest BCUT2D eigenvalue weighted by Crippen LogP contribution is -2.40. The van der Waals surface area contributed by atoms with Gasteiger partial charge in [0.25, 0.3) is 17.5 Å². The highest BCUT2D eigenvalue weighted by Crippen LogP contribution is 2.65. The maximum Gasteiger partial charge on any atom is 0.270 e. The number of imide groups is 1. The molecular weight excluding hydrogens is 322 g/mol. The zero-order valence-corrected chi connectivity index (χ0v) is 13.2. The van der Waals surface area contributed by atoms with Crippen LogP contribution in [0.4, 0.5) is 5.69 Å². The molecule has 1 heterocycles. The fraction of sp³-hybridized carbons (Fsp3) is 0.389. The number of carbonyl (C=O) groups is 2. The summed E-state index contributed by atoms with van der Waals surface area (Å²) in [6.45, 7) is 0. The van der Waals surface area contributed by atoms with Gasteiger partial charge in [0.1, 0.15) is 0 Å². The number of rotatable bonds is 3. The molecular formula is C18H15N3O4. The Kier molecular flexibility index (Phi) is 2.81. The topological polar surface area (TPSA) is 92.9 Å². The third kappa shape index (κ3) is 1.95. The van der Waals surface area contributed by atoms with Crippen LogP contribution in [0.2, 0.25) is 0 Å². The Balaban J connectivity index is 1.43. The molecule has 3 fully saturated rings.